The van der Waals surface area contributed by atoms with Crippen molar-refractivity contribution < 1.29 is 22.3 Å². The number of fused-ring (bicyclic) bond motifs is 1. The number of halogens is 5. The highest BCUT2D eigenvalue weighted by Gasteiger charge is 2.32. The number of aromatic nitrogens is 3. The van der Waals surface area contributed by atoms with Crippen molar-refractivity contribution in [1.82, 2.24) is 14.5 Å². The Morgan fingerprint density at radius 2 is 1.89 bits per heavy atom. The van der Waals surface area contributed by atoms with Crippen LogP contribution in [0.2, 0.25) is 5.02 Å². The second-order valence-corrected chi connectivity index (χ2v) is 9.24. The lowest BCUT2D eigenvalue weighted by Gasteiger charge is -2.34. The molecule has 192 valence electrons. The SMILES string of the molecule is Cc1nc2cc(N3CCOC(c4cccc(C(F)(F)F)c4)C3)nc(-c3ccc(Cl)cc3F)c2c(=O)n1C. The molecule has 2 aromatic carbocycles. The van der Waals surface area contributed by atoms with E-state index in [0.717, 1.165) is 18.2 Å². The highest BCUT2D eigenvalue weighted by atomic mass is 35.5. The fourth-order valence-electron chi connectivity index (χ4n) is 4.39. The largest absolute Gasteiger partial charge is 0.416 e. The summed E-state index contributed by atoms with van der Waals surface area (Å²) in [6.07, 6.45) is -5.13. The van der Waals surface area contributed by atoms with Gasteiger partial charge in [0.1, 0.15) is 23.6 Å². The van der Waals surface area contributed by atoms with Gasteiger partial charge in [-0.05, 0) is 42.8 Å². The molecule has 37 heavy (non-hydrogen) atoms. The lowest BCUT2D eigenvalue weighted by atomic mass is 10.0. The molecule has 0 N–H and O–H groups in total. The van der Waals surface area contributed by atoms with Gasteiger partial charge >= 0.3 is 6.18 Å². The molecule has 1 atom stereocenters. The lowest BCUT2D eigenvalue weighted by molar-refractivity contribution is -0.137. The van der Waals surface area contributed by atoms with Crippen LogP contribution in [-0.4, -0.2) is 34.2 Å². The first-order valence-electron chi connectivity index (χ1n) is 11.4. The van der Waals surface area contributed by atoms with Crippen LogP contribution in [-0.2, 0) is 18.0 Å². The summed E-state index contributed by atoms with van der Waals surface area (Å²) in [6.45, 7) is 2.50. The van der Waals surface area contributed by atoms with Crippen molar-refractivity contribution in [3.63, 3.8) is 0 Å². The third-order valence-corrected chi connectivity index (χ3v) is 6.67. The summed E-state index contributed by atoms with van der Waals surface area (Å²) >= 11 is 5.94. The standard InChI is InChI=1S/C26H21ClF4N4O2/c1-14-32-20-12-22(33-24(23(20)25(36)34(14)2)18-7-6-17(27)11-19(18)28)35-8-9-37-21(13-35)15-4-3-5-16(10-15)26(29,30)31/h3-7,10-12,21H,8-9,13H2,1-2H3. The van der Waals surface area contributed by atoms with Crippen molar-refractivity contribution in [3.8, 4) is 11.3 Å². The predicted octanol–water partition coefficient (Wildman–Crippen LogP) is 5.69. The molecule has 6 nitrogen and oxygen atoms in total. The summed E-state index contributed by atoms with van der Waals surface area (Å²) in [5.74, 6) is 0.211. The minimum atomic E-state index is -4.47. The van der Waals surface area contributed by atoms with Crippen LogP contribution in [0.1, 0.15) is 23.1 Å². The molecule has 0 bridgehead atoms. The molecule has 0 saturated carbocycles. The number of alkyl halides is 3. The van der Waals surface area contributed by atoms with E-state index >= 15 is 0 Å². The number of aryl methyl sites for hydroxylation is 1. The first-order valence-corrected chi connectivity index (χ1v) is 11.8. The Morgan fingerprint density at radius 1 is 1.11 bits per heavy atom. The maximum Gasteiger partial charge on any atom is 0.416 e. The zero-order chi connectivity index (χ0) is 26.5. The number of rotatable bonds is 3. The summed E-state index contributed by atoms with van der Waals surface area (Å²) < 4.78 is 61.9. The molecule has 1 unspecified atom stereocenters. The molecule has 0 amide bonds. The molecule has 11 heteroatoms. The topological polar surface area (TPSA) is 60.2 Å². The van der Waals surface area contributed by atoms with Crippen LogP contribution in [0.3, 0.4) is 0 Å². The molecule has 1 fully saturated rings. The van der Waals surface area contributed by atoms with E-state index in [2.05, 4.69) is 9.97 Å². The summed E-state index contributed by atoms with van der Waals surface area (Å²) in [7, 11) is 1.57. The maximum atomic E-state index is 15.0. The molecule has 1 aliphatic heterocycles. The Labute approximate surface area is 214 Å². The van der Waals surface area contributed by atoms with Crippen LogP contribution in [0.4, 0.5) is 23.4 Å². The molecule has 3 heterocycles. The van der Waals surface area contributed by atoms with Gasteiger partial charge in [0, 0.05) is 36.8 Å². The van der Waals surface area contributed by atoms with Gasteiger partial charge in [0.25, 0.3) is 5.56 Å². The first-order chi connectivity index (χ1) is 17.5. The Kier molecular flexibility index (Phi) is 6.41. The molecule has 1 aliphatic rings. The average molecular weight is 533 g/mol. The molecule has 2 aromatic heterocycles. The summed E-state index contributed by atoms with van der Waals surface area (Å²) in [5.41, 5.74) is -0.233. The van der Waals surface area contributed by atoms with Crippen LogP contribution >= 0.6 is 11.6 Å². The van der Waals surface area contributed by atoms with E-state index in [1.54, 1.807) is 26.1 Å². The van der Waals surface area contributed by atoms with Gasteiger partial charge in [-0.15, -0.1) is 0 Å². The Morgan fingerprint density at radius 3 is 2.62 bits per heavy atom. The van der Waals surface area contributed by atoms with Gasteiger partial charge in [0.2, 0.25) is 0 Å². The number of pyridine rings is 1. The number of nitrogens with zero attached hydrogens (tertiary/aromatic N) is 4. The number of hydrogen-bond donors (Lipinski definition) is 0. The summed E-state index contributed by atoms with van der Waals surface area (Å²) in [6, 6.07) is 10.7. The van der Waals surface area contributed by atoms with Crippen molar-refractivity contribution in [1.29, 1.82) is 0 Å². The van der Waals surface area contributed by atoms with Gasteiger partial charge in [-0.1, -0.05) is 23.7 Å². The van der Waals surface area contributed by atoms with Gasteiger partial charge in [0.05, 0.1) is 28.8 Å². The third kappa shape index (κ3) is 4.78. The highest BCUT2D eigenvalue weighted by molar-refractivity contribution is 6.30. The quantitative estimate of drug-likeness (QED) is 0.317. The molecule has 1 saturated heterocycles. The molecule has 5 rings (SSSR count). The van der Waals surface area contributed by atoms with E-state index in [9.17, 15) is 22.4 Å². The van der Waals surface area contributed by atoms with Crippen molar-refractivity contribution in [2.24, 2.45) is 7.05 Å². The fourth-order valence-corrected chi connectivity index (χ4v) is 4.55. The van der Waals surface area contributed by atoms with E-state index in [4.69, 9.17) is 16.3 Å². The Balaban J connectivity index is 1.62. The van der Waals surface area contributed by atoms with Crippen molar-refractivity contribution in [3.05, 3.63) is 86.7 Å². The Bertz CT molecular complexity index is 1570. The summed E-state index contributed by atoms with van der Waals surface area (Å²) in [4.78, 5) is 24.2. The number of ether oxygens (including phenoxy) is 1. The van der Waals surface area contributed by atoms with Gasteiger partial charge in [0.15, 0.2) is 0 Å². The lowest BCUT2D eigenvalue weighted by Crippen LogP contribution is -2.39. The van der Waals surface area contributed by atoms with Crippen LogP contribution in [0.25, 0.3) is 22.2 Å². The molecular weight excluding hydrogens is 512 g/mol. The van der Waals surface area contributed by atoms with Crippen LogP contribution in [0, 0.1) is 12.7 Å². The normalized spacial score (nSPS) is 16.4. The van der Waals surface area contributed by atoms with Crippen LogP contribution < -0.4 is 10.5 Å². The third-order valence-electron chi connectivity index (χ3n) is 6.43. The number of morpholine rings is 1. The van der Waals surface area contributed by atoms with E-state index in [1.165, 1.54) is 22.8 Å². The monoisotopic (exact) mass is 532 g/mol. The smallest absolute Gasteiger partial charge is 0.370 e. The second-order valence-electron chi connectivity index (χ2n) is 8.80. The van der Waals surface area contributed by atoms with Gasteiger partial charge < -0.3 is 9.64 Å². The van der Waals surface area contributed by atoms with Crippen LogP contribution in [0.5, 0.6) is 0 Å². The fraction of sp³-hybridized carbons (Fsp3) is 0.269. The second kappa shape index (κ2) is 9.42. The number of hydrogen-bond acceptors (Lipinski definition) is 5. The van der Waals surface area contributed by atoms with E-state index in [-0.39, 0.29) is 40.4 Å². The molecule has 0 spiro atoms. The molecular formula is C26H21ClF4N4O2. The number of anilines is 1. The highest BCUT2D eigenvalue weighted by Crippen LogP contribution is 2.35. The minimum absolute atomic E-state index is 0.0849. The molecule has 0 aliphatic carbocycles. The predicted molar refractivity (Wildman–Crippen MR) is 132 cm³/mol. The average Bonchev–Trinajstić information content (AvgIpc) is 2.86. The van der Waals surface area contributed by atoms with Gasteiger partial charge in [-0.3, -0.25) is 9.36 Å². The Hall–Kier alpha value is -3.50. The van der Waals surface area contributed by atoms with Gasteiger partial charge in [-0.2, -0.15) is 13.2 Å². The summed E-state index contributed by atoms with van der Waals surface area (Å²) in [5, 5.41) is 0.349. The minimum Gasteiger partial charge on any atom is -0.370 e. The van der Waals surface area contributed by atoms with E-state index in [1.807, 2.05) is 4.90 Å². The van der Waals surface area contributed by atoms with Crippen molar-refractivity contribution in [2.75, 3.05) is 24.6 Å². The first kappa shape index (κ1) is 25.2. The molecule has 4 aromatic rings. The van der Waals surface area contributed by atoms with E-state index in [0.29, 0.717) is 29.3 Å². The zero-order valence-corrected chi connectivity index (χ0v) is 20.6. The van der Waals surface area contributed by atoms with Crippen molar-refractivity contribution in [2.45, 2.75) is 19.2 Å². The number of benzene rings is 2. The van der Waals surface area contributed by atoms with E-state index < -0.39 is 23.7 Å². The molecule has 0 radical (unpaired) electrons. The zero-order valence-electron chi connectivity index (χ0n) is 19.8. The van der Waals surface area contributed by atoms with Crippen LogP contribution in [0.15, 0.2) is 53.3 Å². The maximum absolute atomic E-state index is 15.0. The van der Waals surface area contributed by atoms with Gasteiger partial charge in [-0.25, -0.2) is 14.4 Å². The van der Waals surface area contributed by atoms with Crippen molar-refractivity contribution >= 4 is 28.3 Å².